The molecule has 0 bridgehead atoms. The van der Waals surface area contributed by atoms with Gasteiger partial charge in [-0.2, -0.15) is 0 Å². The molecule has 1 atom stereocenters. The van der Waals surface area contributed by atoms with E-state index in [2.05, 4.69) is 4.98 Å². The van der Waals surface area contributed by atoms with Crippen molar-refractivity contribution in [3.8, 4) is 0 Å². The molecule has 0 aliphatic carbocycles. The fraction of sp³-hybridized carbons (Fsp3) is 0.357. The normalized spacial score (nSPS) is 18.4. The van der Waals surface area contributed by atoms with E-state index in [-0.39, 0.29) is 11.7 Å². The summed E-state index contributed by atoms with van der Waals surface area (Å²) in [7, 11) is 0. The predicted octanol–water partition coefficient (Wildman–Crippen LogP) is 2.21. The third-order valence-corrected chi connectivity index (χ3v) is 3.93. The zero-order valence-corrected chi connectivity index (χ0v) is 11.3. The first-order valence-electron chi connectivity index (χ1n) is 6.82. The maximum atomic E-state index is 14.5. The van der Waals surface area contributed by atoms with Crippen LogP contribution in [0.1, 0.15) is 12.8 Å². The lowest BCUT2D eigenvalue weighted by Crippen LogP contribution is -2.36. The van der Waals surface area contributed by atoms with Crippen LogP contribution in [0.15, 0.2) is 24.4 Å². The highest BCUT2D eigenvalue weighted by molar-refractivity contribution is 5.97. The van der Waals surface area contributed by atoms with Crippen LogP contribution < -0.4 is 10.6 Å². The van der Waals surface area contributed by atoms with E-state index in [1.165, 1.54) is 6.20 Å². The molecule has 1 unspecified atom stereocenters. The number of halogens is 1. The summed E-state index contributed by atoms with van der Waals surface area (Å²) in [6.45, 7) is 1.10. The molecule has 110 valence electrons. The first kappa shape index (κ1) is 13.7. The zero-order chi connectivity index (χ0) is 15.0. The molecule has 2 N–H and O–H groups in total. The number of nitro benzene ring substituents is 1. The summed E-state index contributed by atoms with van der Waals surface area (Å²) in [5, 5.41) is 11.4. The van der Waals surface area contributed by atoms with Gasteiger partial charge in [0.25, 0.3) is 5.69 Å². The van der Waals surface area contributed by atoms with Crippen molar-refractivity contribution in [3.63, 3.8) is 0 Å². The molecule has 6 nitrogen and oxygen atoms in total. The fourth-order valence-electron chi connectivity index (χ4n) is 2.98. The molecule has 0 amide bonds. The van der Waals surface area contributed by atoms with Crippen LogP contribution in [0.3, 0.4) is 0 Å². The first-order chi connectivity index (χ1) is 10.1. The SMILES string of the molecule is NCC1CCCN1c1c(F)cc([N+](=O)[O-])c2cccnc12. The lowest BCUT2D eigenvalue weighted by atomic mass is 10.1. The Morgan fingerprint density at radius 1 is 1.57 bits per heavy atom. The number of anilines is 1. The first-order valence-corrected chi connectivity index (χ1v) is 6.82. The average Bonchev–Trinajstić information content (AvgIpc) is 2.94. The standard InChI is InChI=1S/C14H15FN4O2/c15-11-7-12(19(20)21)10-4-1-5-17-13(10)14(11)18-6-2-3-9(18)8-16/h1,4-5,7,9H,2-3,6,8,16H2. The van der Waals surface area contributed by atoms with Gasteiger partial charge in [0.1, 0.15) is 11.2 Å². The molecule has 0 spiro atoms. The molecule has 2 aromatic rings. The Morgan fingerprint density at radius 2 is 2.38 bits per heavy atom. The molecule has 1 aromatic carbocycles. The van der Waals surface area contributed by atoms with Crippen molar-refractivity contribution in [2.75, 3.05) is 18.0 Å². The highest BCUT2D eigenvalue weighted by Gasteiger charge is 2.30. The quantitative estimate of drug-likeness (QED) is 0.692. The predicted molar refractivity (Wildman–Crippen MR) is 77.8 cm³/mol. The van der Waals surface area contributed by atoms with Crippen molar-refractivity contribution in [2.45, 2.75) is 18.9 Å². The molecule has 1 aliphatic heterocycles. The summed E-state index contributed by atoms with van der Waals surface area (Å²) in [6.07, 6.45) is 3.33. The number of hydrogen-bond acceptors (Lipinski definition) is 5. The van der Waals surface area contributed by atoms with E-state index in [9.17, 15) is 14.5 Å². The monoisotopic (exact) mass is 290 g/mol. The highest BCUT2D eigenvalue weighted by atomic mass is 19.1. The van der Waals surface area contributed by atoms with Crippen molar-refractivity contribution < 1.29 is 9.31 Å². The minimum atomic E-state index is -0.617. The van der Waals surface area contributed by atoms with Crippen LogP contribution in [0.25, 0.3) is 10.9 Å². The van der Waals surface area contributed by atoms with Crippen LogP contribution >= 0.6 is 0 Å². The Bertz CT molecular complexity index is 707. The molecule has 7 heteroatoms. The molecule has 0 saturated carbocycles. The Labute approximate surface area is 120 Å². The summed E-state index contributed by atoms with van der Waals surface area (Å²) >= 11 is 0. The van der Waals surface area contributed by atoms with E-state index in [1.54, 1.807) is 12.1 Å². The second kappa shape index (κ2) is 5.25. The maximum absolute atomic E-state index is 14.5. The molecule has 21 heavy (non-hydrogen) atoms. The van der Waals surface area contributed by atoms with Crippen molar-refractivity contribution >= 4 is 22.3 Å². The third kappa shape index (κ3) is 2.19. The molecule has 2 heterocycles. The molecule has 0 radical (unpaired) electrons. The van der Waals surface area contributed by atoms with Crippen LogP contribution in [-0.2, 0) is 0 Å². The number of nitrogens with zero attached hydrogens (tertiary/aromatic N) is 3. The molecule has 1 saturated heterocycles. The van der Waals surface area contributed by atoms with Crippen molar-refractivity contribution in [1.29, 1.82) is 0 Å². The van der Waals surface area contributed by atoms with Gasteiger partial charge in [0.2, 0.25) is 0 Å². The Hall–Kier alpha value is -2.28. The number of aromatic nitrogens is 1. The highest BCUT2D eigenvalue weighted by Crippen LogP contribution is 2.37. The summed E-state index contributed by atoms with van der Waals surface area (Å²) in [4.78, 5) is 16.6. The van der Waals surface area contributed by atoms with Crippen LogP contribution in [0.5, 0.6) is 0 Å². The lowest BCUT2D eigenvalue weighted by Gasteiger charge is -2.26. The number of nitrogens with two attached hydrogens (primary N) is 1. The van der Waals surface area contributed by atoms with E-state index in [1.807, 2.05) is 4.90 Å². The van der Waals surface area contributed by atoms with Gasteiger partial charge in [-0.15, -0.1) is 0 Å². The number of fused-ring (bicyclic) bond motifs is 1. The fourth-order valence-corrected chi connectivity index (χ4v) is 2.98. The topological polar surface area (TPSA) is 85.3 Å². The number of rotatable bonds is 3. The van der Waals surface area contributed by atoms with E-state index < -0.39 is 10.7 Å². The van der Waals surface area contributed by atoms with Gasteiger partial charge in [0.05, 0.1) is 16.4 Å². The Balaban J connectivity index is 2.26. The summed E-state index contributed by atoms with van der Waals surface area (Å²) in [5.74, 6) is -0.617. The van der Waals surface area contributed by atoms with Gasteiger partial charge in [-0.1, -0.05) is 0 Å². The van der Waals surface area contributed by atoms with Gasteiger partial charge in [0.15, 0.2) is 5.82 Å². The van der Waals surface area contributed by atoms with Crippen LogP contribution in [0.4, 0.5) is 15.8 Å². The number of non-ortho nitro benzene ring substituents is 1. The van der Waals surface area contributed by atoms with Crippen LogP contribution in [0, 0.1) is 15.9 Å². The molecular weight excluding hydrogens is 275 g/mol. The second-order valence-electron chi connectivity index (χ2n) is 5.11. The average molecular weight is 290 g/mol. The molecule has 3 rings (SSSR count). The van der Waals surface area contributed by atoms with Crippen LogP contribution in [-0.4, -0.2) is 29.0 Å². The van der Waals surface area contributed by atoms with E-state index in [0.717, 1.165) is 18.9 Å². The molecule has 1 aromatic heterocycles. The van der Waals surface area contributed by atoms with E-state index in [0.29, 0.717) is 29.7 Å². The van der Waals surface area contributed by atoms with Crippen LogP contribution in [0.2, 0.25) is 0 Å². The lowest BCUT2D eigenvalue weighted by molar-refractivity contribution is -0.383. The van der Waals surface area contributed by atoms with E-state index >= 15 is 0 Å². The molecular formula is C14H15FN4O2. The summed E-state index contributed by atoms with van der Waals surface area (Å²) in [5.41, 5.74) is 6.13. The third-order valence-electron chi connectivity index (χ3n) is 3.93. The van der Waals surface area contributed by atoms with Gasteiger partial charge in [0, 0.05) is 25.3 Å². The number of nitro groups is 1. The number of benzene rings is 1. The summed E-state index contributed by atoms with van der Waals surface area (Å²) in [6, 6.07) is 4.23. The van der Waals surface area contributed by atoms with Crippen molar-refractivity contribution in [2.24, 2.45) is 5.73 Å². The minimum absolute atomic E-state index is 0.0474. The zero-order valence-electron chi connectivity index (χ0n) is 11.3. The molecule has 1 aliphatic rings. The Kier molecular flexibility index (Phi) is 3.42. The number of pyridine rings is 1. The van der Waals surface area contributed by atoms with Gasteiger partial charge in [-0.3, -0.25) is 15.1 Å². The van der Waals surface area contributed by atoms with Gasteiger partial charge in [-0.25, -0.2) is 4.39 Å². The largest absolute Gasteiger partial charge is 0.363 e. The van der Waals surface area contributed by atoms with Crippen molar-refractivity contribution in [1.82, 2.24) is 4.98 Å². The second-order valence-corrected chi connectivity index (χ2v) is 5.11. The van der Waals surface area contributed by atoms with Gasteiger partial charge < -0.3 is 10.6 Å². The Morgan fingerprint density at radius 3 is 3.10 bits per heavy atom. The maximum Gasteiger partial charge on any atom is 0.281 e. The number of hydrogen-bond donors (Lipinski definition) is 1. The molecule has 1 fully saturated rings. The minimum Gasteiger partial charge on any atom is -0.363 e. The summed E-state index contributed by atoms with van der Waals surface area (Å²) < 4.78 is 14.5. The van der Waals surface area contributed by atoms with Crippen molar-refractivity contribution in [3.05, 3.63) is 40.3 Å². The van der Waals surface area contributed by atoms with Gasteiger partial charge >= 0.3 is 0 Å². The van der Waals surface area contributed by atoms with Gasteiger partial charge in [-0.05, 0) is 25.0 Å². The van der Waals surface area contributed by atoms with E-state index in [4.69, 9.17) is 5.73 Å². The smallest absolute Gasteiger partial charge is 0.281 e.